The van der Waals surface area contributed by atoms with Crippen molar-refractivity contribution >= 4 is 17.9 Å². The van der Waals surface area contributed by atoms with Crippen molar-refractivity contribution in [1.82, 2.24) is 9.97 Å². The number of anilines is 1. The minimum atomic E-state index is 0.286. The van der Waals surface area contributed by atoms with Crippen molar-refractivity contribution in [2.45, 2.75) is 12.8 Å². The van der Waals surface area contributed by atoms with Crippen LogP contribution in [0.15, 0.2) is 30.5 Å². The average Bonchev–Trinajstić information content (AvgIpc) is 2.73. The summed E-state index contributed by atoms with van der Waals surface area (Å²) in [5, 5.41) is 12.7. The number of aromatic hydroxyl groups is 1. The molecule has 2 aromatic rings. The molecule has 0 amide bonds. The van der Waals surface area contributed by atoms with E-state index in [1.165, 1.54) is 0 Å². The van der Waals surface area contributed by atoms with Crippen LogP contribution in [-0.2, 0) is 6.42 Å². The van der Waals surface area contributed by atoms with Crippen LogP contribution in [0.25, 0.3) is 0 Å². The molecule has 0 saturated heterocycles. The molecule has 0 atom stereocenters. The summed E-state index contributed by atoms with van der Waals surface area (Å²) in [6.45, 7) is 0.809. The van der Waals surface area contributed by atoms with E-state index in [4.69, 9.17) is 12.2 Å². The second kappa shape index (κ2) is 5.54. The third-order valence-corrected chi connectivity index (χ3v) is 2.71. The van der Waals surface area contributed by atoms with Crippen molar-refractivity contribution in [2.75, 3.05) is 11.9 Å². The van der Waals surface area contributed by atoms with Crippen LogP contribution in [0.5, 0.6) is 5.75 Å². The Labute approximate surface area is 105 Å². The molecule has 0 spiro atoms. The largest absolute Gasteiger partial charge is 0.506 e. The Morgan fingerprint density at radius 1 is 1.29 bits per heavy atom. The van der Waals surface area contributed by atoms with E-state index < -0.39 is 0 Å². The van der Waals surface area contributed by atoms with Crippen LogP contribution >= 0.6 is 12.2 Å². The number of para-hydroxylation sites is 2. The number of benzene rings is 1. The second-order valence-corrected chi connectivity index (χ2v) is 4.22. The van der Waals surface area contributed by atoms with E-state index in [9.17, 15) is 5.11 Å². The number of hydrogen-bond acceptors (Lipinski definition) is 3. The maximum absolute atomic E-state index is 9.54. The van der Waals surface area contributed by atoms with Gasteiger partial charge in [0.15, 0.2) is 4.77 Å². The zero-order valence-corrected chi connectivity index (χ0v) is 10.2. The molecule has 1 aromatic heterocycles. The highest BCUT2D eigenvalue weighted by atomic mass is 32.1. The number of aromatic amines is 2. The molecular weight excluding hydrogens is 234 g/mol. The van der Waals surface area contributed by atoms with Gasteiger partial charge in [-0.05, 0) is 37.2 Å². The summed E-state index contributed by atoms with van der Waals surface area (Å²) in [7, 11) is 0. The highest BCUT2D eigenvalue weighted by Gasteiger charge is 1.98. The molecule has 2 rings (SSSR count). The Kier molecular flexibility index (Phi) is 3.82. The lowest BCUT2D eigenvalue weighted by Crippen LogP contribution is -2.03. The number of rotatable bonds is 5. The molecule has 5 heteroatoms. The fourth-order valence-corrected chi connectivity index (χ4v) is 1.82. The van der Waals surface area contributed by atoms with Crippen LogP contribution in [0.2, 0.25) is 0 Å². The van der Waals surface area contributed by atoms with Gasteiger partial charge in [0.05, 0.1) is 5.69 Å². The van der Waals surface area contributed by atoms with Gasteiger partial charge in [-0.1, -0.05) is 12.1 Å². The van der Waals surface area contributed by atoms with Crippen LogP contribution in [0.1, 0.15) is 12.1 Å². The number of hydrogen-bond donors (Lipinski definition) is 4. The van der Waals surface area contributed by atoms with Crippen molar-refractivity contribution in [1.29, 1.82) is 0 Å². The van der Waals surface area contributed by atoms with Crippen LogP contribution in [0, 0.1) is 4.77 Å². The Morgan fingerprint density at radius 3 is 2.82 bits per heavy atom. The minimum Gasteiger partial charge on any atom is -0.506 e. The fourth-order valence-electron chi connectivity index (χ4n) is 1.63. The first-order chi connectivity index (χ1) is 8.25. The number of phenols is 1. The SMILES string of the molecule is Oc1ccccc1NCCCc1c[nH]c(=S)[nH]1. The Morgan fingerprint density at radius 2 is 2.12 bits per heavy atom. The molecule has 0 aliphatic rings. The summed E-state index contributed by atoms with van der Waals surface area (Å²) in [6, 6.07) is 7.23. The number of phenolic OH excluding ortho intramolecular Hbond substituents is 1. The quantitative estimate of drug-likeness (QED) is 0.374. The Hall–Kier alpha value is -1.75. The minimum absolute atomic E-state index is 0.286. The third kappa shape index (κ3) is 3.35. The summed E-state index contributed by atoms with van der Waals surface area (Å²) in [4.78, 5) is 6.00. The van der Waals surface area contributed by atoms with E-state index in [1.807, 2.05) is 18.3 Å². The van der Waals surface area contributed by atoms with Crippen LogP contribution < -0.4 is 5.32 Å². The molecule has 0 aliphatic heterocycles. The van der Waals surface area contributed by atoms with Crippen molar-refractivity contribution in [3.63, 3.8) is 0 Å². The summed E-state index contributed by atoms with van der Waals surface area (Å²) >= 11 is 4.95. The van der Waals surface area contributed by atoms with Crippen LogP contribution in [-0.4, -0.2) is 21.6 Å². The van der Waals surface area contributed by atoms with Crippen molar-refractivity contribution in [2.24, 2.45) is 0 Å². The molecule has 1 aromatic carbocycles. The van der Waals surface area contributed by atoms with Gasteiger partial charge in [-0.2, -0.15) is 0 Å². The number of nitrogens with one attached hydrogen (secondary N) is 3. The van der Waals surface area contributed by atoms with E-state index in [-0.39, 0.29) is 5.75 Å². The van der Waals surface area contributed by atoms with Gasteiger partial charge in [0.2, 0.25) is 0 Å². The molecule has 0 unspecified atom stereocenters. The molecule has 4 nitrogen and oxygen atoms in total. The van der Waals surface area contributed by atoms with Gasteiger partial charge < -0.3 is 20.4 Å². The number of aryl methyl sites for hydroxylation is 1. The van der Waals surface area contributed by atoms with Crippen LogP contribution in [0.4, 0.5) is 5.69 Å². The van der Waals surface area contributed by atoms with Crippen molar-refractivity contribution in [3.05, 3.63) is 40.9 Å². The first kappa shape index (κ1) is 11.7. The third-order valence-electron chi connectivity index (χ3n) is 2.49. The first-order valence-corrected chi connectivity index (χ1v) is 5.95. The molecule has 17 heavy (non-hydrogen) atoms. The molecular formula is C12H15N3OS. The highest BCUT2D eigenvalue weighted by Crippen LogP contribution is 2.21. The summed E-state index contributed by atoms with van der Waals surface area (Å²) in [5.41, 5.74) is 1.88. The normalized spacial score (nSPS) is 10.4. The van der Waals surface area contributed by atoms with Gasteiger partial charge in [-0.3, -0.25) is 0 Å². The fraction of sp³-hybridized carbons (Fsp3) is 0.250. The highest BCUT2D eigenvalue weighted by molar-refractivity contribution is 7.71. The zero-order valence-electron chi connectivity index (χ0n) is 9.36. The van der Waals surface area contributed by atoms with Gasteiger partial charge in [-0.15, -0.1) is 0 Å². The molecule has 1 heterocycles. The van der Waals surface area contributed by atoms with Crippen LogP contribution in [0.3, 0.4) is 0 Å². The van der Waals surface area contributed by atoms with E-state index in [2.05, 4.69) is 15.3 Å². The van der Waals surface area contributed by atoms with Crippen molar-refractivity contribution in [3.8, 4) is 5.75 Å². The van der Waals surface area contributed by atoms with E-state index in [0.29, 0.717) is 4.77 Å². The van der Waals surface area contributed by atoms with Gasteiger partial charge in [0, 0.05) is 18.4 Å². The standard InChI is InChI=1S/C12H15N3OS/c16-11-6-2-1-5-10(11)13-7-3-4-9-8-14-12(17)15-9/h1-2,5-6,8,13,16H,3-4,7H2,(H2,14,15,17). The average molecular weight is 249 g/mol. The lowest BCUT2D eigenvalue weighted by atomic mass is 10.2. The molecule has 0 bridgehead atoms. The molecule has 90 valence electrons. The lowest BCUT2D eigenvalue weighted by Gasteiger charge is -2.07. The monoisotopic (exact) mass is 249 g/mol. The Balaban J connectivity index is 1.77. The predicted octanol–water partition coefficient (Wildman–Crippen LogP) is 2.82. The maximum atomic E-state index is 9.54. The second-order valence-electron chi connectivity index (χ2n) is 3.82. The van der Waals surface area contributed by atoms with Gasteiger partial charge in [0.1, 0.15) is 5.75 Å². The molecule has 4 N–H and O–H groups in total. The summed E-state index contributed by atoms with van der Waals surface area (Å²) in [5.74, 6) is 0.286. The lowest BCUT2D eigenvalue weighted by molar-refractivity contribution is 0.477. The van der Waals surface area contributed by atoms with E-state index in [0.717, 1.165) is 30.8 Å². The van der Waals surface area contributed by atoms with Gasteiger partial charge in [-0.25, -0.2) is 0 Å². The smallest absolute Gasteiger partial charge is 0.174 e. The molecule has 0 radical (unpaired) electrons. The predicted molar refractivity (Wildman–Crippen MR) is 70.9 cm³/mol. The van der Waals surface area contributed by atoms with Crippen molar-refractivity contribution < 1.29 is 5.11 Å². The van der Waals surface area contributed by atoms with E-state index >= 15 is 0 Å². The molecule has 0 saturated carbocycles. The molecule has 0 fully saturated rings. The van der Waals surface area contributed by atoms with Gasteiger partial charge in [0.25, 0.3) is 0 Å². The first-order valence-electron chi connectivity index (χ1n) is 5.54. The number of imidazole rings is 1. The summed E-state index contributed by atoms with van der Waals surface area (Å²) < 4.78 is 0.661. The topological polar surface area (TPSA) is 63.8 Å². The zero-order chi connectivity index (χ0) is 12.1. The summed E-state index contributed by atoms with van der Waals surface area (Å²) in [6.07, 6.45) is 3.79. The molecule has 0 aliphatic carbocycles. The Bertz CT molecular complexity index is 532. The number of aromatic nitrogens is 2. The number of H-pyrrole nitrogens is 2. The van der Waals surface area contributed by atoms with E-state index in [1.54, 1.807) is 12.1 Å². The maximum Gasteiger partial charge on any atom is 0.174 e. The van der Waals surface area contributed by atoms with Gasteiger partial charge >= 0.3 is 0 Å².